The Morgan fingerprint density at radius 1 is 1.06 bits per heavy atom. The molecule has 0 amide bonds. The number of benzene rings is 1. The number of halogens is 2. The fourth-order valence-corrected chi connectivity index (χ4v) is 1.46. The second-order valence-corrected chi connectivity index (χ2v) is 3.49. The zero-order chi connectivity index (χ0) is 11.7. The third-order valence-electron chi connectivity index (χ3n) is 2.33. The molecule has 2 rings (SSSR count). The van der Waals surface area contributed by atoms with Crippen LogP contribution < -0.4 is 5.56 Å². The first kappa shape index (κ1) is 10.5. The highest BCUT2D eigenvalue weighted by atomic mass is 19.2. The predicted molar refractivity (Wildman–Crippen MR) is 57.2 cm³/mol. The van der Waals surface area contributed by atoms with E-state index in [1.165, 1.54) is 37.3 Å². The summed E-state index contributed by atoms with van der Waals surface area (Å²) in [7, 11) is 0. The maximum absolute atomic E-state index is 13.6. The van der Waals surface area contributed by atoms with Crippen molar-refractivity contribution in [3.05, 3.63) is 57.9 Å². The molecule has 0 aliphatic rings. The van der Waals surface area contributed by atoms with Gasteiger partial charge in [-0.2, -0.15) is 0 Å². The van der Waals surface area contributed by atoms with Crippen LogP contribution in [0.15, 0.2) is 35.1 Å². The third kappa shape index (κ3) is 1.74. The van der Waals surface area contributed by atoms with Crippen molar-refractivity contribution in [1.29, 1.82) is 0 Å². The first-order valence-electron chi connectivity index (χ1n) is 4.74. The summed E-state index contributed by atoms with van der Waals surface area (Å²) in [4.78, 5) is 13.5. The minimum Gasteiger partial charge on any atom is -0.322 e. The van der Waals surface area contributed by atoms with Crippen LogP contribution >= 0.6 is 0 Å². The highest BCUT2D eigenvalue weighted by molar-refractivity contribution is 5.60. The van der Waals surface area contributed by atoms with Crippen LogP contribution in [0.3, 0.4) is 0 Å². The Hall–Kier alpha value is -1.97. The molecule has 4 heteroatoms. The maximum Gasteiger partial charge on any atom is 0.248 e. The first-order valence-corrected chi connectivity index (χ1v) is 4.74. The first-order chi connectivity index (χ1) is 7.59. The Bertz CT molecular complexity index is 590. The van der Waals surface area contributed by atoms with Crippen LogP contribution in [-0.2, 0) is 0 Å². The van der Waals surface area contributed by atoms with Gasteiger partial charge in [0.25, 0.3) is 0 Å². The molecule has 82 valence electrons. The van der Waals surface area contributed by atoms with Crippen LogP contribution in [0.2, 0.25) is 0 Å². The van der Waals surface area contributed by atoms with Crippen molar-refractivity contribution in [3.63, 3.8) is 0 Å². The van der Waals surface area contributed by atoms with E-state index in [2.05, 4.69) is 4.98 Å². The molecule has 1 heterocycles. The van der Waals surface area contributed by atoms with E-state index < -0.39 is 11.6 Å². The highest BCUT2D eigenvalue weighted by Crippen LogP contribution is 2.23. The van der Waals surface area contributed by atoms with Crippen LogP contribution in [0.25, 0.3) is 11.3 Å². The number of nitrogens with one attached hydrogen (secondary N) is 1. The molecule has 0 aliphatic heterocycles. The average Bonchev–Trinajstić information content (AvgIpc) is 2.26. The Kier molecular flexibility index (Phi) is 2.56. The van der Waals surface area contributed by atoms with Crippen molar-refractivity contribution in [2.45, 2.75) is 6.92 Å². The second-order valence-electron chi connectivity index (χ2n) is 3.49. The van der Waals surface area contributed by atoms with Gasteiger partial charge in [-0.05, 0) is 24.6 Å². The molecular formula is C12H9F2NO. The zero-order valence-corrected chi connectivity index (χ0v) is 8.55. The van der Waals surface area contributed by atoms with Crippen molar-refractivity contribution in [2.75, 3.05) is 0 Å². The van der Waals surface area contributed by atoms with Gasteiger partial charge < -0.3 is 4.98 Å². The SMILES string of the molecule is Cc1ccc(-c2cccc(=O)[nH]2)c(F)c1F. The number of hydrogen-bond acceptors (Lipinski definition) is 1. The summed E-state index contributed by atoms with van der Waals surface area (Å²) in [6.45, 7) is 1.48. The van der Waals surface area contributed by atoms with E-state index in [1.807, 2.05) is 0 Å². The van der Waals surface area contributed by atoms with Gasteiger partial charge in [0, 0.05) is 11.6 Å². The van der Waals surface area contributed by atoms with Crippen LogP contribution in [0, 0.1) is 18.6 Å². The predicted octanol–water partition coefficient (Wildman–Crippen LogP) is 2.63. The quantitative estimate of drug-likeness (QED) is 0.788. The standard InChI is InChI=1S/C12H9F2NO/c1-7-5-6-8(12(14)11(7)13)9-3-2-4-10(16)15-9/h2-6H,1H3,(H,15,16). The molecule has 0 saturated heterocycles. The lowest BCUT2D eigenvalue weighted by Gasteiger charge is -2.05. The number of aromatic nitrogens is 1. The van der Waals surface area contributed by atoms with Gasteiger partial charge in [-0.3, -0.25) is 4.79 Å². The fraction of sp³-hybridized carbons (Fsp3) is 0.0833. The number of aromatic amines is 1. The van der Waals surface area contributed by atoms with Crippen molar-refractivity contribution in [3.8, 4) is 11.3 Å². The maximum atomic E-state index is 13.6. The summed E-state index contributed by atoms with van der Waals surface area (Å²) in [5.41, 5.74) is 0.210. The lowest BCUT2D eigenvalue weighted by molar-refractivity contribution is 0.505. The summed E-state index contributed by atoms with van der Waals surface area (Å²) in [6, 6.07) is 7.24. The number of pyridine rings is 1. The third-order valence-corrected chi connectivity index (χ3v) is 2.33. The number of H-pyrrole nitrogens is 1. The minimum atomic E-state index is -0.943. The molecule has 0 saturated carbocycles. The van der Waals surface area contributed by atoms with Crippen LogP contribution in [0.5, 0.6) is 0 Å². The lowest BCUT2D eigenvalue weighted by Crippen LogP contribution is -2.05. The van der Waals surface area contributed by atoms with Gasteiger partial charge in [0.1, 0.15) is 0 Å². The molecule has 0 unspecified atom stereocenters. The van der Waals surface area contributed by atoms with Gasteiger partial charge in [-0.1, -0.05) is 12.1 Å². The number of rotatable bonds is 1. The van der Waals surface area contributed by atoms with E-state index in [0.29, 0.717) is 0 Å². The molecule has 1 aromatic heterocycles. The van der Waals surface area contributed by atoms with E-state index in [1.54, 1.807) is 0 Å². The van der Waals surface area contributed by atoms with Crippen LogP contribution in [0.4, 0.5) is 8.78 Å². The van der Waals surface area contributed by atoms with Gasteiger partial charge in [0.05, 0.1) is 5.69 Å². The molecule has 0 fully saturated rings. The molecule has 16 heavy (non-hydrogen) atoms. The van der Waals surface area contributed by atoms with Gasteiger partial charge in [0.15, 0.2) is 11.6 Å². The zero-order valence-electron chi connectivity index (χ0n) is 8.55. The smallest absolute Gasteiger partial charge is 0.248 e. The number of aryl methyl sites for hydroxylation is 1. The highest BCUT2D eigenvalue weighted by Gasteiger charge is 2.12. The largest absolute Gasteiger partial charge is 0.322 e. The van der Waals surface area contributed by atoms with E-state index in [9.17, 15) is 13.6 Å². The fourth-order valence-electron chi connectivity index (χ4n) is 1.46. The molecule has 0 atom stereocenters. The summed E-state index contributed by atoms with van der Waals surface area (Å²) in [6.07, 6.45) is 0. The van der Waals surface area contributed by atoms with Crippen molar-refractivity contribution in [2.24, 2.45) is 0 Å². The van der Waals surface area contributed by atoms with Gasteiger partial charge in [-0.25, -0.2) is 8.78 Å². The minimum absolute atomic E-state index is 0.0563. The van der Waals surface area contributed by atoms with E-state index in [4.69, 9.17) is 0 Å². The molecular weight excluding hydrogens is 212 g/mol. The Balaban J connectivity index is 2.66. The molecule has 0 bridgehead atoms. The Morgan fingerprint density at radius 2 is 1.81 bits per heavy atom. The van der Waals surface area contributed by atoms with E-state index in [0.717, 1.165) is 0 Å². The molecule has 2 aromatic rings. The monoisotopic (exact) mass is 221 g/mol. The van der Waals surface area contributed by atoms with E-state index in [-0.39, 0.29) is 22.4 Å². The number of hydrogen-bond donors (Lipinski definition) is 1. The summed E-state index contributed by atoms with van der Waals surface area (Å²) in [5.74, 6) is -1.83. The van der Waals surface area contributed by atoms with Crippen LogP contribution in [0.1, 0.15) is 5.56 Å². The van der Waals surface area contributed by atoms with Gasteiger partial charge in [-0.15, -0.1) is 0 Å². The lowest BCUT2D eigenvalue weighted by atomic mass is 10.1. The average molecular weight is 221 g/mol. The Labute approximate surface area is 90.6 Å². The molecule has 0 spiro atoms. The van der Waals surface area contributed by atoms with E-state index >= 15 is 0 Å². The molecule has 0 aliphatic carbocycles. The molecule has 2 nitrogen and oxygen atoms in total. The topological polar surface area (TPSA) is 32.9 Å². The van der Waals surface area contributed by atoms with Crippen molar-refractivity contribution >= 4 is 0 Å². The summed E-state index contributed by atoms with van der Waals surface area (Å²) in [5, 5.41) is 0. The molecule has 1 N–H and O–H groups in total. The van der Waals surface area contributed by atoms with Crippen LogP contribution in [-0.4, -0.2) is 4.98 Å². The van der Waals surface area contributed by atoms with Gasteiger partial charge in [0.2, 0.25) is 5.56 Å². The van der Waals surface area contributed by atoms with Gasteiger partial charge >= 0.3 is 0 Å². The molecule has 1 aromatic carbocycles. The second kappa shape index (κ2) is 3.89. The van der Waals surface area contributed by atoms with Crippen molar-refractivity contribution in [1.82, 2.24) is 4.98 Å². The summed E-state index contributed by atoms with van der Waals surface area (Å²) < 4.78 is 26.9. The van der Waals surface area contributed by atoms with Crippen molar-refractivity contribution < 1.29 is 8.78 Å². The summed E-state index contributed by atoms with van der Waals surface area (Å²) >= 11 is 0. The Morgan fingerprint density at radius 3 is 2.50 bits per heavy atom. The normalized spacial score (nSPS) is 10.4. The molecule has 0 radical (unpaired) electrons.